The molecule has 0 radical (unpaired) electrons. The summed E-state index contributed by atoms with van der Waals surface area (Å²) in [5, 5.41) is 12.7. The van der Waals surface area contributed by atoms with Crippen LogP contribution in [-0.2, 0) is 0 Å². The molecule has 0 aliphatic carbocycles. The summed E-state index contributed by atoms with van der Waals surface area (Å²) < 4.78 is 2.67. The van der Waals surface area contributed by atoms with Crippen molar-refractivity contribution in [2.75, 3.05) is 0 Å². The van der Waals surface area contributed by atoms with E-state index in [1.54, 1.807) is 0 Å². The number of benzene rings is 7. The van der Waals surface area contributed by atoms with E-state index in [0.717, 1.165) is 17.0 Å². The number of nitrogens with one attached hydrogen (secondary N) is 2. The molecule has 2 atom stereocenters. The van der Waals surface area contributed by atoms with E-state index in [1.165, 1.54) is 58.8 Å². The minimum atomic E-state index is -0.208. The van der Waals surface area contributed by atoms with Crippen LogP contribution < -0.4 is 10.6 Å². The highest BCUT2D eigenvalue weighted by Crippen LogP contribution is 2.41. The number of aliphatic imine (C=N–C) groups is 1. The Hall–Kier alpha value is -5.55. The first-order valence-electron chi connectivity index (χ1n) is 16.0. The molecule has 224 valence electrons. The average molecular weight is 622 g/mol. The maximum Gasteiger partial charge on any atom is 0.131 e. The first kappa shape index (κ1) is 27.7. The van der Waals surface area contributed by atoms with Gasteiger partial charge in [0.25, 0.3) is 0 Å². The predicted molar refractivity (Wildman–Crippen MR) is 199 cm³/mol. The molecule has 0 saturated carbocycles. The van der Waals surface area contributed by atoms with Crippen LogP contribution in [0.15, 0.2) is 169 Å². The van der Waals surface area contributed by atoms with Gasteiger partial charge >= 0.3 is 0 Å². The van der Waals surface area contributed by atoms with E-state index in [1.807, 2.05) is 17.4 Å². The molecule has 2 N–H and O–H groups in total. The van der Waals surface area contributed by atoms with Gasteiger partial charge in [0.1, 0.15) is 18.2 Å². The Morgan fingerprint density at radius 2 is 1.13 bits per heavy atom. The molecule has 7 aromatic carbocycles. The molecule has 1 aliphatic rings. The fourth-order valence-corrected chi connectivity index (χ4v) is 8.00. The van der Waals surface area contributed by atoms with Crippen molar-refractivity contribution in [2.24, 2.45) is 4.99 Å². The second-order valence-corrected chi connectivity index (χ2v) is 13.1. The van der Waals surface area contributed by atoms with Crippen LogP contribution in [-0.4, -0.2) is 5.84 Å². The van der Waals surface area contributed by atoms with Gasteiger partial charge in [0.05, 0.1) is 0 Å². The molecule has 1 aliphatic heterocycles. The molecule has 3 nitrogen and oxygen atoms in total. The lowest BCUT2D eigenvalue weighted by Gasteiger charge is -2.32. The molecule has 0 bridgehead atoms. The van der Waals surface area contributed by atoms with Crippen molar-refractivity contribution in [3.63, 3.8) is 0 Å². The van der Waals surface area contributed by atoms with E-state index in [4.69, 9.17) is 4.99 Å². The molecule has 0 amide bonds. The largest absolute Gasteiger partial charge is 0.350 e. The van der Waals surface area contributed by atoms with Crippen LogP contribution in [0.3, 0.4) is 0 Å². The normalized spacial score (nSPS) is 16.3. The van der Waals surface area contributed by atoms with E-state index in [2.05, 4.69) is 168 Å². The molecule has 2 heterocycles. The fourth-order valence-electron chi connectivity index (χ4n) is 6.88. The van der Waals surface area contributed by atoms with Gasteiger partial charge in [0.2, 0.25) is 0 Å². The van der Waals surface area contributed by atoms with Gasteiger partial charge in [0.15, 0.2) is 0 Å². The Morgan fingerprint density at radius 3 is 2.00 bits per heavy atom. The molecule has 9 rings (SSSR count). The third kappa shape index (κ3) is 5.08. The molecule has 2 unspecified atom stereocenters. The highest BCUT2D eigenvalue weighted by atomic mass is 32.1. The van der Waals surface area contributed by atoms with Crippen molar-refractivity contribution >= 4 is 48.1 Å². The molecular weight excluding hydrogens is 591 g/mol. The third-order valence-corrected chi connectivity index (χ3v) is 10.3. The summed E-state index contributed by atoms with van der Waals surface area (Å²) in [5.41, 5.74) is 8.19. The summed E-state index contributed by atoms with van der Waals surface area (Å²) in [5.74, 6) is 0.888. The summed E-state index contributed by atoms with van der Waals surface area (Å²) in [6, 6.07) is 58.7. The first-order valence-corrected chi connectivity index (χ1v) is 16.8. The second-order valence-electron chi connectivity index (χ2n) is 12.0. The van der Waals surface area contributed by atoms with Crippen LogP contribution in [0, 0.1) is 0 Å². The Kier molecular flexibility index (Phi) is 6.89. The molecule has 0 spiro atoms. The Bertz CT molecular complexity index is 2430. The van der Waals surface area contributed by atoms with Crippen molar-refractivity contribution in [1.82, 2.24) is 10.6 Å². The number of fused-ring (bicyclic) bond motifs is 5. The minimum Gasteiger partial charge on any atom is -0.350 e. The summed E-state index contributed by atoms with van der Waals surface area (Å²) in [6.07, 6.45) is -0.278. The summed E-state index contributed by atoms with van der Waals surface area (Å²) in [7, 11) is 0. The topological polar surface area (TPSA) is 36.4 Å². The van der Waals surface area contributed by atoms with E-state index < -0.39 is 0 Å². The van der Waals surface area contributed by atoms with Crippen LogP contribution in [0.25, 0.3) is 53.2 Å². The zero-order valence-corrected chi connectivity index (χ0v) is 26.4. The van der Waals surface area contributed by atoms with Crippen LogP contribution >= 0.6 is 11.3 Å². The predicted octanol–water partition coefficient (Wildman–Crippen LogP) is 10.9. The van der Waals surface area contributed by atoms with Crippen molar-refractivity contribution in [2.45, 2.75) is 12.3 Å². The number of rotatable bonds is 5. The zero-order valence-electron chi connectivity index (χ0n) is 25.6. The zero-order chi connectivity index (χ0) is 31.2. The van der Waals surface area contributed by atoms with Gasteiger partial charge in [-0.25, -0.2) is 4.99 Å². The van der Waals surface area contributed by atoms with Gasteiger partial charge in [-0.2, -0.15) is 0 Å². The SMILES string of the molecule is c1ccc(C2=NC(c3cccc(-c4cccc(-c5cccc6c5ccc5sc7ccccc7c56)c4)c3)NC(c3ccccc3)N2)cc1. The monoisotopic (exact) mass is 621 g/mol. The Balaban J connectivity index is 1.10. The maximum absolute atomic E-state index is 5.17. The summed E-state index contributed by atoms with van der Waals surface area (Å²) in [4.78, 5) is 5.17. The molecule has 1 aromatic heterocycles. The summed E-state index contributed by atoms with van der Waals surface area (Å²) in [6.45, 7) is 0. The molecule has 0 fully saturated rings. The lowest BCUT2D eigenvalue weighted by Crippen LogP contribution is -2.44. The van der Waals surface area contributed by atoms with Crippen molar-refractivity contribution in [3.8, 4) is 22.3 Å². The number of hydrogen-bond donors (Lipinski definition) is 2. The quantitative estimate of drug-likeness (QED) is 0.201. The third-order valence-electron chi connectivity index (χ3n) is 9.15. The van der Waals surface area contributed by atoms with Gasteiger partial charge in [-0.3, -0.25) is 5.32 Å². The van der Waals surface area contributed by atoms with Crippen LogP contribution in [0.4, 0.5) is 0 Å². The van der Waals surface area contributed by atoms with Crippen molar-refractivity contribution < 1.29 is 0 Å². The standard InChI is InChI=1S/C43H31N3S/c1-3-12-28(13-4-1)41-44-42(29-14-5-2-6-15-29)46-43(45-41)33-19-10-17-31(27-33)30-16-9-18-32(26-30)34-21-11-22-36-35(34)24-25-39-40(36)37-20-7-8-23-38(37)47-39/h1-27,41,43,45H,(H,44,46). The average Bonchev–Trinajstić information content (AvgIpc) is 3.55. The molecule has 47 heavy (non-hydrogen) atoms. The Morgan fingerprint density at radius 1 is 0.468 bits per heavy atom. The first-order chi connectivity index (χ1) is 23.3. The van der Waals surface area contributed by atoms with E-state index >= 15 is 0 Å². The van der Waals surface area contributed by atoms with Crippen molar-refractivity contribution in [3.05, 3.63) is 180 Å². The van der Waals surface area contributed by atoms with E-state index in [9.17, 15) is 0 Å². The van der Waals surface area contributed by atoms with Gasteiger partial charge in [-0.15, -0.1) is 11.3 Å². The number of thiophene rings is 1. The molecular formula is C43H31N3S. The number of hydrogen-bond acceptors (Lipinski definition) is 4. The van der Waals surface area contributed by atoms with Crippen LogP contribution in [0.1, 0.15) is 29.0 Å². The lowest BCUT2D eigenvalue weighted by atomic mass is 9.93. The molecule has 8 aromatic rings. The van der Waals surface area contributed by atoms with Gasteiger partial charge in [-0.05, 0) is 68.4 Å². The van der Waals surface area contributed by atoms with Crippen LogP contribution in [0.2, 0.25) is 0 Å². The Labute approximate surface area is 277 Å². The van der Waals surface area contributed by atoms with Crippen molar-refractivity contribution in [1.29, 1.82) is 0 Å². The van der Waals surface area contributed by atoms with E-state index in [-0.39, 0.29) is 12.3 Å². The summed E-state index contributed by atoms with van der Waals surface area (Å²) >= 11 is 1.87. The fraction of sp³-hybridized carbons (Fsp3) is 0.0465. The highest BCUT2D eigenvalue weighted by molar-refractivity contribution is 7.26. The molecule has 0 saturated heterocycles. The van der Waals surface area contributed by atoms with Gasteiger partial charge < -0.3 is 5.32 Å². The number of nitrogens with zero attached hydrogens (tertiary/aromatic N) is 1. The van der Waals surface area contributed by atoms with Crippen LogP contribution in [0.5, 0.6) is 0 Å². The lowest BCUT2D eigenvalue weighted by molar-refractivity contribution is 0.409. The van der Waals surface area contributed by atoms with Gasteiger partial charge in [0, 0.05) is 25.7 Å². The highest BCUT2D eigenvalue weighted by Gasteiger charge is 2.25. The smallest absolute Gasteiger partial charge is 0.131 e. The molecule has 4 heteroatoms. The minimum absolute atomic E-state index is 0.0703. The maximum atomic E-state index is 5.17. The van der Waals surface area contributed by atoms with Gasteiger partial charge in [-0.1, -0.05) is 140 Å². The number of amidine groups is 1. The van der Waals surface area contributed by atoms with E-state index in [0.29, 0.717) is 0 Å². The second kappa shape index (κ2) is 11.7.